The molecule has 0 aromatic carbocycles. The van der Waals surface area contributed by atoms with Gasteiger partial charge in [-0.2, -0.15) is 0 Å². The van der Waals surface area contributed by atoms with Gasteiger partial charge in [0.05, 0.1) is 6.34 Å². The van der Waals surface area contributed by atoms with Gasteiger partial charge in [0.1, 0.15) is 0 Å². The first-order valence-corrected chi connectivity index (χ1v) is 7.02. The molecular formula is C13H26BN3O2. The van der Waals surface area contributed by atoms with Crippen LogP contribution in [0.15, 0.2) is 16.8 Å². The highest BCUT2D eigenvalue weighted by atomic mass is 16.4. The number of aliphatic imine (C=N–C) groups is 1. The lowest BCUT2D eigenvalue weighted by Gasteiger charge is -2.40. The highest BCUT2D eigenvalue weighted by Crippen LogP contribution is 2.38. The van der Waals surface area contributed by atoms with Crippen molar-refractivity contribution in [1.29, 1.82) is 0 Å². The maximum absolute atomic E-state index is 8.75. The summed E-state index contributed by atoms with van der Waals surface area (Å²) in [5, 5.41) is 20.6. The fraction of sp³-hybridized carbons (Fsp3) is 0.769. The molecule has 0 aromatic rings. The van der Waals surface area contributed by atoms with E-state index in [0.29, 0.717) is 12.4 Å². The van der Waals surface area contributed by atoms with E-state index >= 15 is 0 Å². The number of hydrogen-bond acceptors (Lipinski definition) is 4. The van der Waals surface area contributed by atoms with Gasteiger partial charge in [0.15, 0.2) is 0 Å². The van der Waals surface area contributed by atoms with Crippen LogP contribution in [0.1, 0.15) is 46.0 Å². The first-order chi connectivity index (χ1) is 8.91. The van der Waals surface area contributed by atoms with Crippen LogP contribution in [0.2, 0.25) is 6.32 Å². The summed E-state index contributed by atoms with van der Waals surface area (Å²) in [7, 11) is -1.19. The summed E-state index contributed by atoms with van der Waals surface area (Å²) in [4.78, 5) is 4.21. The molecule has 19 heavy (non-hydrogen) atoms. The standard InChI is InChI=1S/C13H26BN3O2/c1-11(2)17-10-16-9-12-7-13(15,8-12)5-3-4-6-14(18)19/h9-11,18-19H,3-8,15H2,1-2H3,(H,16,17). The molecule has 1 rings (SSSR count). The van der Waals surface area contributed by atoms with Crippen LogP contribution in [0.5, 0.6) is 0 Å². The normalized spacial score (nSPS) is 22.7. The Labute approximate surface area is 116 Å². The summed E-state index contributed by atoms with van der Waals surface area (Å²) in [6.45, 7) is 4.06. The number of nitrogens with zero attached hydrogens (tertiary/aromatic N) is 1. The molecule has 1 aliphatic rings. The van der Waals surface area contributed by atoms with Crippen molar-refractivity contribution in [2.45, 2.75) is 63.9 Å². The zero-order valence-electron chi connectivity index (χ0n) is 12.0. The Morgan fingerprint density at radius 3 is 2.68 bits per heavy atom. The zero-order chi connectivity index (χ0) is 14.3. The van der Waals surface area contributed by atoms with Gasteiger partial charge >= 0.3 is 7.12 Å². The van der Waals surface area contributed by atoms with Crippen LogP contribution in [0.3, 0.4) is 0 Å². The average molecular weight is 267 g/mol. The Morgan fingerprint density at radius 2 is 2.11 bits per heavy atom. The van der Waals surface area contributed by atoms with Crippen LogP contribution < -0.4 is 11.1 Å². The minimum Gasteiger partial charge on any atom is -0.427 e. The lowest BCUT2D eigenvalue weighted by atomic mass is 9.70. The van der Waals surface area contributed by atoms with Gasteiger partial charge in [0.25, 0.3) is 0 Å². The van der Waals surface area contributed by atoms with E-state index in [-0.39, 0.29) is 5.54 Å². The van der Waals surface area contributed by atoms with E-state index in [1.54, 1.807) is 6.34 Å². The van der Waals surface area contributed by atoms with Crippen LogP contribution in [0.25, 0.3) is 0 Å². The van der Waals surface area contributed by atoms with E-state index < -0.39 is 7.12 Å². The molecule has 1 fully saturated rings. The summed E-state index contributed by atoms with van der Waals surface area (Å²) >= 11 is 0. The predicted molar refractivity (Wildman–Crippen MR) is 79.8 cm³/mol. The highest BCUT2D eigenvalue weighted by Gasteiger charge is 2.35. The second kappa shape index (κ2) is 7.67. The van der Waals surface area contributed by atoms with Gasteiger partial charge in [0.2, 0.25) is 0 Å². The predicted octanol–water partition coefficient (Wildman–Crippen LogP) is 1.03. The van der Waals surface area contributed by atoms with Crippen molar-refractivity contribution in [2.24, 2.45) is 10.7 Å². The summed E-state index contributed by atoms with van der Waals surface area (Å²) in [6.07, 6.45) is 8.67. The molecule has 0 spiro atoms. The van der Waals surface area contributed by atoms with Crippen LogP contribution in [-0.2, 0) is 0 Å². The molecule has 0 atom stereocenters. The number of rotatable bonds is 8. The highest BCUT2D eigenvalue weighted by molar-refractivity contribution is 6.40. The van der Waals surface area contributed by atoms with Crippen LogP contribution in [0.4, 0.5) is 0 Å². The van der Waals surface area contributed by atoms with Gasteiger partial charge in [-0.3, -0.25) is 4.99 Å². The number of nitrogens with one attached hydrogen (secondary N) is 1. The van der Waals surface area contributed by atoms with Crippen LogP contribution in [0, 0.1) is 0 Å². The van der Waals surface area contributed by atoms with E-state index in [2.05, 4.69) is 10.3 Å². The number of nitrogens with two attached hydrogens (primary N) is 1. The van der Waals surface area contributed by atoms with Crippen molar-refractivity contribution in [3.8, 4) is 0 Å². The topological polar surface area (TPSA) is 90.9 Å². The lowest BCUT2D eigenvalue weighted by molar-refractivity contribution is 0.298. The third-order valence-corrected chi connectivity index (χ3v) is 3.28. The Hall–Kier alpha value is -0.845. The van der Waals surface area contributed by atoms with E-state index in [9.17, 15) is 0 Å². The molecule has 0 unspecified atom stereocenters. The second-order valence-electron chi connectivity index (χ2n) is 5.78. The van der Waals surface area contributed by atoms with Gasteiger partial charge < -0.3 is 21.1 Å². The smallest absolute Gasteiger partial charge is 0.427 e. The second-order valence-corrected chi connectivity index (χ2v) is 5.78. The van der Waals surface area contributed by atoms with E-state index in [0.717, 1.165) is 32.1 Å². The Morgan fingerprint density at radius 1 is 1.42 bits per heavy atom. The Bertz CT molecular complexity index is 322. The van der Waals surface area contributed by atoms with Gasteiger partial charge in [-0.15, -0.1) is 0 Å². The monoisotopic (exact) mass is 267 g/mol. The van der Waals surface area contributed by atoms with Gasteiger partial charge in [-0.1, -0.05) is 18.4 Å². The molecule has 5 nitrogen and oxygen atoms in total. The van der Waals surface area contributed by atoms with Crippen molar-refractivity contribution in [3.05, 3.63) is 11.8 Å². The summed E-state index contributed by atoms with van der Waals surface area (Å²) in [5.74, 6) is 0. The van der Waals surface area contributed by atoms with Crippen molar-refractivity contribution < 1.29 is 10.0 Å². The number of hydrogen-bond donors (Lipinski definition) is 4. The molecule has 0 aromatic heterocycles. The minimum atomic E-state index is -1.19. The molecule has 0 amide bonds. The quantitative estimate of drug-likeness (QED) is 0.229. The molecular weight excluding hydrogens is 241 g/mol. The Kier molecular flexibility index (Phi) is 6.55. The molecule has 0 aliphatic heterocycles. The third-order valence-electron chi connectivity index (χ3n) is 3.28. The molecule has 108 valence electrons. The molecule has 5 N–H and O–H groups in total. The van der Waals surface area contributed by atoms with Crippen molar-refractivity contribution in [1.82, 2.24) is 5.32 Å². The van der Waals surface area contributed by atoms with Crippen molar-refractivity contribution >= 4 is 13.5 Å². The zero-order valence-corrected chi connectivity index (χ0v) is 12.0. The van der Waals surface area contributed by atoms with Gasteiger partial charge in [-0.05, 0) is 39.4 Å². The maximum Gasteiger partial charge on any atom is 0.451 e. The summed E-state index contributed by atoms with van der Waals surface area (Å²) in [5.41, 5.74) is 7.46. The molecule has 0 radical (unpaired) electrons. The van der Waals surface area contributed by atoms with E-state index in [1.165, 1.54) is 5.57 Å². The fourth-order valence-corrected chi connectivity index (χ4v) is 2.28. The molecule has 0 saturated heterocycles. The molecule has 1 saturated carbocycles. The van der Waals surface area contributed by atoms with Crippen LogP contribution >= 0.6 is 0 Å². The maximum atomic E-state index is 8.75. The van der Waals surface area contributed by atoms with Gasteiger partial charge in [0, 0.05) is 17.8 Å². The van der Waals surface area contributed by atoms with E-state index in [1.807, 2.05) is 20.0 Å². The van der Waals surface area contributed by atoms with Crippen LogP contribution in [-0.4, -0.2) is 35.1 Å². The first kappa shape index (κ1) is 16.2. The lowest BCUT2D eigenvalue weighted by Crippen LogP contribution is -2.48. The average Bonchev–Trinajstić information content (AvgIpc) is 2.27. The molecule has 0 heterocycles. The van der Waals surface area contributed by atoms with Gasteiger partial charge in [-0.25, -0.2) is 0 Å². The molecule has 6 heteroatoms. The summed E-state index contributed by atoms with van der Waals surface area (Å²) in [6, 6.07) is 0.308. The van der Waals surface area contributed by atoms with Crippen molar-refractivity contribution in [3.63, 3.8) is 0 Å². The molecule has 0 bridgehead atoms. The fourth-order valence-electron chi connectivity index (χ4n) is 2.28. The summed E-state index contributed by atoms with van der Waals surface area (Å²) < 4.78 is 0. The number of unbranched alkanes of at least 4 members (excludes halogenated alkanes) is 1. The van der Waals surface area contributed by atoms with E-state index in [4.69, 9.17) is 15.8 Å². The largest absolute Gasteiger partial charge is 0.451 e. The van der Waals surface area contributed by atoms with Crippen molar-refractivity contribution in [2.75, 3.05) is 0 Å². The SMILES string of the molecule is CC(C)N=CNC=C1CC(N)(CCCCB(O)O)C1. The third kappa shape index (κ3) is 6.75. The Balaban J connectivity index is 2.14. The minimum absolute atomic E-state index is 0.0941. The molecule has 1 aliphatic carbocycles. The first-order valence-electron chi connectivity index (χ1n) is 7.02.